The molecule has 5 heterocycles. The second-order valence-corrected chi connectivity index (χ2v) is 8.18. The van der Waals surface area contributed by atoms with Crippen molar-refractivity contribution in [3.05, 3.63) is 79.0 Å². The Bertz CT molecular complexity index is 1240. The molecule has 0 unspecified atom stereocenters. The zero-order valence-corrected chi connectivity index (χ0v) is 19.6. The summed E-state index contributed by atoms with van der Waals surface area (Å²) < 4.78 is 20.0. The van der Waals surface area contributed by atoms with Crippen LogP contribution in [0, 0.1) is 0 Å². The van der Waals surface area contributed by atoms with Gasteiger partial charge in [-0.3, -0.25) is 4.57 Å². The lowest BCUT2D eigenvalue weighted by molar-refractivity contribution is 0.104. The van der Waals surface area contributed by atoms with Crippen LogP contribution in [0.4, 0.5) is 16.3 Å². The normalized spacial score (nSPS) is 16.1. The van der Waals surface area contributed by atoms with Crippen LogP contribution >= 0.6 is 0 Å². The molecule has 1 fully saturated rings. The third-order valence-corrected chi connectivity index (χ3v) is 5.77. The second kappa shape index (κ2) is 11.5. The lowest BCUT2D eigenvalue weighted by Crippen LogP contribution is -2.56. The molecule has 4 aromatic heterocycles. The van der Waals surface area contributed by atoms with E-state index < -0.39 is 6.67 Å². The molecule has 0 radical (unpaired) electrons. The van der Waals surface area contributed by atoms with Gasteiger partial charge in [-0.15, -0.1) is 0 Å². The first-order valence-electron chi connectivity index (χ1n) is 11.7. The highest BCUT2D eigenvalue weighted by atomic mass is 19.1. The van der Waals surface area contributed by atoms with Gasteiger partial charge in [-0.25, -0.2) is 34.3 Å². The summed E-state index contributed by atoms with van der Waals surface area (Å²) in [6, 6.07) is 5.66. The van der Waals surface area contributed by atoms with Crippen LogP contribution in [0.2, 0.25) is 0 Å². The van der Waals surface area contributed by atoms with E-state index in [1.54, 1.807) is 49.6 Å². The first kappa shape index (κ1) is 23.5. The average molecular weight is 488 g/mol. The fourth-order valence-corrected chi connectivity index (χ4v) is 3.97. The predicted octanol–water partition coefficient (Wildman–Crippen LogP) is 2.70. The van der Waals surface area contributed by atoms with Gasteiger partial charge < -0.3 is 14.5 Å². The van der Waals surface area contributed by atoms with Crippen molar-refractivity contribution in [3.63, 3.8) is 0 Å². The van der Waals surface area contributed by atoms with E-state index in [1.165, 1.54) is 0 Å². The summed E-state index contributed by atoms with van der Waals surface area (Å²) in [7, 11) is 0. The summed E-state index contributed by atoms with van der Waals surface area (Å²) in [4.78, 5) is 30.6. The minimum Gasteiger partial charge on any atom is -0.377 e. The SMILES string of the molecule is FCCOC[C@H]1CN(c2ncccn2)CCN1c1ncc(/C=C/c2ccc(-n3ccnc3)nc2)cn1. The molecule has 1 aliphatic heterocycles. The van der Waals surface area contributed by atoms with Crippen LogP contribution in [-0.2, 0) is 4.74 Å². The van der Waals surface area contributed by atoms with Gasteiger partial charge in [-0.1, -0.05) is 12.2 Å². The second-order valence-electron chi connectivity index (χ2n) is 8.18. The van der Waals surface area contributed by atoms with Gasteiger partial charge in [0, 0.05) is 68.6 Å². The molecule has 11 heteroatoms. The van der Waals surface area contributed by atoms with Crippen molar-refractivity contribution in [2.24, 2.45) is 0 Å². The van der Waals surface area contributed by atoms with Crippen molar-refractivity contribution in [1.29, 1.82) is 0 Å². The zero-order valence-electron chi connectivity index (χ0n) is 19.6. The standard InChI is InChI=1S/C25H26FN9O/c26-6-13-36-18-22-17-33(24-28-7-1-8-29-24)11-12-35(22)25-31-15-21(16-32-25)3-2-20-4-5-23(30-14-20)34-10-9-27-19-34/h1-5,7-10,14-16,19,22H,6,11-13,17-18H2/b3-2+/t22-/m1/s1. The van der Waals surface area contributed by atoms with Crippen molar-refractivity contribution in [3.8, 4) is 5.82 Å². The molecule has 4 aromatic rings. The Balaban J connectivity index is 1.25. The molecule has 1 saturated heterocycles. The number of anilines is 2. The molecular formula is C25H26FN9O. The van der Waals surface area contributed by atoms with E-state index in [0.29, 0.717) is 31.6 Å². The minimum absolute atomic E-state index is 0.0596. The number of halogens is 1. The number of aromatic nitrogens is 7. The Morgan fingerprint density at radius 3 is 2.44 bits per heavy atom. The van der Waals surface area contributed by atoms with Gasteiger partial charge in [0.1, 0.15) is 18.8 Å². The maximum Gasteiger partial charge on any atom is 0.225 e. The third kappa shape index (κ3) is 5.69. The fraction of sp³-hybridized carbons (Fsp3) is 0.280. The number of hydrogen-bond donors (Lipinski definition) is 0. The monoisotopic (exact) mass is 487 g/mol. The van der Waals surface area contributed by atoms with Crippen molar-refractivity contribution in [2.45, 2.75) is 6.04 Å². The number of imidazole rings is 1. The predicted molar refractivity (Wildman–Crippen MR) is 134 cm³/mol. The molecule has 1 atom stereocenters. The van der Waals surface area contributed by atoms with E-state index in [0.717, 1.165) is 23.5 Å². The van der Waals surface area contributed by atoms with Crippen LogP contribution in [0.25, 0.3) is 18.0 Å². The van der Waals surface area contributed by atoms with Gasteiger partial charge in [0.05, 0.1) is 19.3 Å². The molecule has 36 heavy (non-hydrogen) atoms. The quantitative estimate of drug-likeness (QED) is 0.330. The molecule has 184 valence electrons. The summed E-state index contributed by atoms with van der Waals surface area (Å²) in [6.07, 6.45) is 18.0. The van der Waals surface area contributed by atoms with Crippen molar-refractivity contribution >= 4 is 24.0 Å². The molecule has 0 bridgehead atoms. The van der Waals surface area contributed by atoms with E-state index in [2.05, 4.69) is 39.7 Å². The number of hydrogen-bond acceptors (Lipinski definition) is 9. The summed E-state index contributed by atoms with van der Waals surface area (Å²) in [6.45, 7) is 1.93. The molecule has 0 amide bonds. The Morgan fingerprint density at radius 1 is 0.917 bits per heavy atom. The summed E-state index contributed by atoms with van der Waals surface area (Å²) in [5.74, 6) is 2.09. The van der Waals surface area contributed by atoms with Crippen molar-refractivity contribution in [2.75, 3.05) is 49.3 Å². The van der Waals surface area contributed by atoms with Crippen LogP contribution in [0.15, 0.2) is 67.9 Å². The zero-order chi connectivity index (χ0) is 24.6. The molecule has 0 saturated carbocycles. The Labute approximate surface area is 208 Å². The number of rotatable bonds is 9. The average Bonchev–Trinajstić information content (AvgIpc) is 3.48. The molecule has 10 nitrogen and oxygen atoms in total. The molecule has 0 N–H and O–H groups in total. The minimum atomic E-state index is -0.516. The Morgan fingerprint density at radius 2 is 1.72 bits per heavy atom. The van der Waals surface area contributed by atoms with E-state index in [9.17, 15) is 4.39 Å². The summed E-state index contributed by atoms with van der Waals surface area (Å²) in [5.41, 5.74) is 1.84. The first-order chi connectivity index (χ1) is 17.8. The highest BCUT2D eigenvalue weighted by Gasteiger charge is 2.30. The fourth-order valence-electron chi connectivity index (χ4n) is 3.97. The lowest BCUT2D eigenvalue weighted by atomic mass is 10.2. The van der Waals surface area contributed by atoms with Crippen molar-refractivity contribution in [1.82, 2.24) is 34.5 Å². The molecular weight excluding hydrogens is 461 g/mol. The Hall–Kier alpha value is -4.25. The van der Waals surface area contributed by atoms with Gasteiger partial charge in [-0.05, 0) is 23.8 Å². The van der Waals surface area contributed by atoms with E-state index in [4.69, 9.17) is 4.74 Å². The van der Waals surface area contributed by atoms with E-state index in [1.807, 2.05) is 35.0 Å². The molecule has 5 rings (SSSR count). The molecule has 0 aliphatic carbocycles. The molecule has 0 aromatic carbocycles. The van der Waals surface area contributed by atoms with Gasteiger partial charge in [0.25, 0.3) is 0 Å². The van der Waals surface area contributed by atoms with Gasteiger partial charge >= 0.3 is 0 Å². The van der Waals surface area contributed by atoms with Crippen LogP contribution < -0.4 is 9.80 Å². The maximum atomic E-state index is 12.6. The van der Waals surface area contributed by atoms with Crippen molar-refractivity contribution < 1.29 is 9.13 Å². The number of nitrogens with zero attached hydrogens (tertiary/aromatic N) is 9. The molecule has 0 spiro atoms. The lowest BCUT2D eigenvalue weighted by Gasteiger charge is -2.41. The largest absolute Gasteiger partial charge is 0.377 e. The van der Waals surface area contributed by atoms with Gasteiger partial charge in [0.2, 0.25) is 11.9 Å². The van der Waals surface area contributed by atoms with Crippen LogP contribution in [0.5, 0.6) is 0 Å². The van der Waals surface area contributed by atoms with Crippen LogP contribution in [0.1, 0.15) is 11.1 Å². The topological polar surface area (TPSA) is 98.0 Å². The van der Waals surface area contributed by atoms with E-state index >= 15 is 0 Å². The van der Waals surface area contributed by atoms with Gasteiger partial charge in [-0.2, -0.15) is 0 Å². The summed E-state index contributed by atoms with van der Waals surface area (Å²) in [5, 5.41) is 0. The summed E-state index contributed by atoms with van der Waals surface area (Å²) >= 11 is 0. The highest BCUT2D eigenvalue weighted by molar-refractivity contribution is 5.68. The first-order valence-corrected chi connectivity index (χ1v) is 11.7. The van der Waals surface area contributed by atoms with Gasteiger partial charge in [0.15, 0.2) is 0 Å². The smallest absolute Gasteiger partial charge is 0.225 e. The van der Waals surface area contributed by atoms with Crippen LogP contribution in [-0.4, -0.2) is 80.0 Å². The molecule has 1 aliphatic rings. The number of alkyl halides is 1. The maximum absolute atomic E-state index is 12.6. The third-order valence-electron chi connectivity index (χ3n) is 5.77. The van der Waals surface area contributed by atoms with Crippen LogP contribution in [0.3, 0.4) is 0 Å². The van der Waals surface area contributed by atoms with E-state index in [-0.39, 0.29) is 12.6 Å². The Kier molecular flexibility index (Phi) is 7.47. The highest BCUT2D eigenvalue weighted by Crippen LogP contribution is 2.20. The number of pyridine rings is 1. The number of ether oxygens (including phenoxy) is 1. The number of piperazine rings is 1.